The molecular formula is C18H22N2. The van der Waals surface area contributed by atoms with Gasteiger partial charge in [0.15, 0.2) is 0 Å². The summed E-state index contributed by atoms with van der Waals surface area (Å²) in [6.45, 7) is 3.16. The number of pyridine rings is 1. The Kier molecular flexibility index (Phi) is 3.83. The van der Waals surface area contributed by atoms with Crippen LogP contribution in [-0.2, 0) is 13.0 Å². The van der Waals surface area contributed by atoms with E-state index in [0.717, 1.165) is 6.54 Å². The number of hydrogen-bond donors (Lipinski definition) is 1. The minimum absolute atomic E-state index is 0.476. The summed E-state index contributed by atoms with van der Waals surface area (Å²) in [5.74, 6) is 0.476. The molecule has 1 unspecified atom stereocenters. The van der Waals surface area contributed by atoms with Crippen molar-refractivity contribution in [2.24, 2.45) is 0 Å². The molecule has 1 aliphatic carbocycles. The SMILES string of the molecule is CNCc1ccc(C2CCCc3cccnc32)c(C)c1. The minimum atomic E-state index is 0.476. The van der Waals surface area contributed by atoms with E-state index in [0.29, 0.717) is 5.92 Å². The quantitative estimate of drug-likeness (QED) is 0.918. The molecule has 20 heavy (non-hydrogen) atoms. The highest BCUT2D eigenvalue weighted by molar-refractivity contribution is 5.41. The van der Waals surface area contributed by atoms with Crippen molar-refractivity contribution in [2.75, 3.05) is 7.05 Å². The van der Waals surface area contributed by atoms with Crippen LogP contribution in [0.2, 0.25) is 0 Å². The van der Waals surface area contributed by atoms with Crippen LogP contribution < -0.4 is 5.32 Å². The van der Waals surface area contributed by atoms with Crippen molar-refractivity contribution in [3.05, 3.63) is 64.5 Å². The monoisotopic (exact) mass is 266 g/mol. The molecule has 0 spiro atoms. The molecular weight excluding hydrogens is 244 g/mol. The van der Waals surface area contributed by atoms with Gasteiger partial charge >= 0.3 is 0 Å². The maximum absolute atomic E-state index is 4.66. The Morgan fingerprint density at radius 1 is 1.30 bits per heavy atom. The van der Waals surface area contributed by atoms with E-state index >= 15 is 0 Å². The van der Waals surface area contributed by atoms with E-state index in [2.05, 4.69) is 47.6 Å². The molecule has 0 aliphatic heterocycles. The smallest absolute Gasteiger partial charge is 0.0510 e. The van der Waals surface area contributed by atoms with Crippen LogP contribution in [0.25, 0.3) is 0 Å². The van der Waals surface area contributed by atoms with Gasteiger partial charge in [-0.25, -0.2) is 0 Å². The zero-order chi connectivity index (χ0) is 13.9. The standard InChI is InChI=1S/C18H22N2/c1-13-11-14(12-19-2)8-9-16(13)17-7-3-5-15-6-4-10-20-18(15)17/h4,6,8-11,17,19H,3,5,7,12H2,1-2H3. The second kappa shape index (κ2) is 5.76. The first kappa shape index (κ1) is 13.3. The highest BCUT2D eigenvalue weighted by Crippen LogP contribution is 2.36. The minimum Gasteiger partial charge on any atom is -0.316 e. The molecule has 3 rings (SSSR count). The zero-order valence-corrected chi connectivity index (χ0v) is 12.3. The van der Waals surface area contributed by atoms with Crippen molar-refractivity contribution in [2.45, 2.75) is 38.6 Å². The average molecular weight is 266 g/mol. The molecule has 1 heterocycles. The Morgan fingerprint density at radius 2 is 2.20 bits per heavy atom. The van der Waals surface area contributed by atoms with Gasteiger partial charge in [0.2, 0.25) is 0 Å². The lowest BCUT2D eigenvalue weighted by molar-refractivity contribution is 0.596. The van der Waals surface area contributed by atoms with Gasteiger partial charge in [0, 0.05) is 18.7 Å². The number of benzene rings is 1. The van der Waals surface area contributed by atoms with Crippen molar-refractivity contribution >= 4 is 0 Å². The van der Waals surface area contributed by atoms with Gasteiger partial charge in [0.25, 0.3) is 0 Å². The van der Waals surface area contributed by atoms with Gasteiger partial charge in [0.1, 0.15) is 0 Å². The molecule has 104 valence electrons. The summed E-state index contributed by atoms with van der Waals surface area (Å²) in [5.41, 5.74) is 6.92. The fraction of sp³-hybridized carbons (Fsp3) is 0.389. The molecule has 0 saturated carbocycles. The fourth-order valence-corrected chi connectivity index (χ4v) is 3.35. The number of aryl methyl sites for hydroxylation is 2. The zero-order valence-electron chi connectivity index (χ0n) is 12.3. The number of nitrogens with one attached hydrogen (secondary N) is 1. The Labute approximate surface area is 121 Å². The predicted molar refractivity (Wildman–Crippen MR) is 83.0 cm³/mol. The molecule has 1 aromatic carbocycles. The number of aromatic nitrogens is 1. The van der Waals surface area contributed by atoms with E-state index in [9.17, 15) is 0 Å². The Morgan fingerprint density at radius 3 is 3.00 bits per heavy atom. The van der Waals surface area contributed by atoms with Crippen LogP contribution in [0.3, 0.4) is 0 Å². The first-order valence-electron chi connectivity index (χ1n) is 7.47. The molecule has 2 nitrogen and oxygen atoms in total. The van der Waals surface area contributed by atoms with E-state index in [-0.39, 0.29) is 0 Å². The maximum atomic E-state index is 4.66. The summed E-state index contributed by atoms with van der Waals surface area (Å²) in [7, 11) is 1.99. The molecule has 2 aromatic rings. The van der Waals surface area contributed by atoms with Gasteiger partial charge in [0.05, 0.1) is 5.69 Å². The fourth-order valence-electron chi connectivity index (χ4n) is 3.35. The Hall–Kier alpha value is -1.67. The number of hydrogen-bond acceptors (Lipinski definition) is 2. The van der Waals surface area contributed by atoms with Gasteiger partial charge in [-0.1, -0.05) is 24.3 Å². The summed E-state index contributed by atoms with van der Waals surface area (Å²) in [6, 6.07) is 11.2. The molecule has 2 heteroatoms. The van der Waals surface area contributed by atoms with Crippen LogP contribution in [0.4, 0.5) is 0 Å². The summed E-state index contributed by atoms with van der Waals surface area (Å²) in [5, 5.41) is 3.21. The molecule has 1 aliphatic rings. The second-order valence-electron chi connectivity index (χ2n) is 5.71. The van der Waals surface area contributed by atoms with E-state index in [4.69, 9.17) is 0 Å². The third-order valence-corrected chi connectivity index (χ3v) is 4.29. The predicted octanol–water partition coefficient (Wildman–Crippen LogP) is 3.58. The van der Waals surface area contributed by atoms with Crippen molar-refractivity contribution < 1.29 is 0 Å². The highest BCUT2D eigenvalue weighted by Gasteiger charge is 2.23. The summed E-state index contributed by atoms with van der Waals surface area (Å²) < 4.78 is 0. The van der Waals surface area contributed by atoms with Crippen LogP contribution in [0.5, 0.6) is 0 Å². The number of fused-ring (bicyclic) bond motifs is 1. The first-order valence-corrected chi connectivity index (χ1v) is 7.47. The van der Waals surface area contributed by atoms with E-state index < -0.39 is 0 Å². The van der Waals surface area contributed by atoms with E-state index in [1.165, 1.54) is 47.2 Å². The van der Waals surface area contributed by atoms with Gasteiger partial charge in [-0.05, 0) is 61.6 Å². The summed E-state index contributed by atoms with van der Waals surface area (Å²) in [4.78, 5) is 4.66. The van der Waals surface area contributed by atoms with Gasteiger partial charge in [-0.15, -0.1) is 0 Å². The molecule has 1 aromatic heterocycles. The number of nitrogens with zero attached hydrogens (tertiary/aromatic N) is 1. The lowest BCUT2D eigenvalue weighted by Crippen LogP contribution is -2.14. The summed E-state index contributed by atoms with van der Waals surface area (Å²) >= 11 is 0. The Balaban J connectivity index is 1.98. The van der Waals surface area contributed by atoms with Crippen molar-refractivity contribution in [3.8, 4) is 0 Å². The van der Waals surface area contributed by atoms with Crippen molar-refractivity contribution in [3.63, 3.8) is 0 Å². The maximum Gasteiger partial charge on any atom is 0.0510 e. The summed E-state index contributed by atoms with van der Waals surface area (Å²) in [6.07, 6.45) is 5.59. The Bertz CT molecular complexity index is 604. The second-order valence-corrected chi connectivity index (χ2v) is 5.71. The van der Waals surface area contributed by atoms with Crippen molar-refractivity contribution in [1.82, 2.24) is 10.3 Å². The van der Waals surface area contributed by atoms with E-state index in [1.807, 2.05) is 13.2 Å². The average Bonchev–Trinajstić information content (AvgIpc) is 2.47. The molecule has 0 fully saturated rings. The van der Waals surface area contributed by atoms with Gasteiger partial charge in [-0.2, -0.15) is 0 Å². The van der Waals surface area contributed by atoms with E-state index in [1.54, 1.807) is 0 Å². The first-order chi connectivity index (χ1) is 9.79. The molecule has 0 radical (unpaired) electrons. The molecule has 1 atom stereocenters. The lowest BCUT2D eigenvalue weighted by Gasteiger charge is -2.26. The third kappa shape index (κ3) is 2.48. The van der Waals surface area contributed by atoms with Crippen LogP contribution in [-0.4, -0.2) is 12.0 Å². The molecule has 1 N–H and O–H groups in total. The molecule has 0 saturated heterocycles. The highest BCUT2D eigenvalue weighted by atomic mass is 14.8. The van der Waals surface area contributed by atoms with Gasteiger partial charge < -0.3 is 5.32 Å². The van der Waals surface area contributed by atoms with Crippen molar-refractivity contribution in [1.29, 1.82) is 0 Å². The normalized spacial score (nSPS) is 17.8. The van der Waals surface area contributed by atoms with Crippen LogP contribution >= 0.6 is 0 Å². The molecule has 0 bridgehead atoms. The van der Waals surface area contributed by atoms with Crippen LogP contribution in [0.1, 0.15) is 46.7 Å². The van der Waals surface area contributed by atoms with Crippen LogP contribution in [0, 0.1) is 6.92 Å². The van der Waals surface area contributed by atoms with Crippen LogP contribution in [0.15, 0.2) is 36.5 Å². The largest absolute Gasteiger partial charge is 0.316 e. The lowest BCUT2D eigenvalue weighted by atomic mass is 9.80. The van der Waals surface area contributed by atoms with Gasteiger partial charge in [-0.3, -0.25) is 4.98 Å². The number of rotatable bonds is 3. The molecule has 0 amide bonds. The topological polar surface area (TPSA) is 24.9 Å². The third-order valence-electron chi connectivity index (χ3n) is 4.29.